The molecule has 0 radical (unpaired) electrons. The van der Waals surface area contributed by atoms with Crippen molar-refractivity contribution >= 4 is 21.6 Å². The van der Waals surface area contributed by atoms with Crippen LogP contribution in [0.1, 0.15) is 40.0 Å². The van der Waals surface area contributed by atoms with E-state index in [4.69, 9.17) is 0 Å². The Morgan fingerprint density at radius 2 is 1.55 bits per heavy atom. The molecule has 0 spiro atoms. The summed E-state index contributed by atoms with van der Waals surface area (Å²) in [4.78, 5) is 12.8. The van der Waals surface area contributed by atoms with Crippen molar-refractivity contribution in [3.05, 3.63) is 95.1 Å². The monoisotopic (exact) mass is 408 g/mol. The first kappa shape index (κ1) is 20.6. The second-order valence-electron chi connectivity index (χ2n) is 7.06. The second-order valence-corrected chi connectivity index (χ2v) is 8.71. The maximum atomic E-state index is 12.8. The van der Waals surface area contributed by atoms with Crippen LogP contribution in [0.25, 0.3) is 0 Å². The number of hydrogen-bond donors (Lipinski definition) is 2. The zero-order valence-electron chi connectivity index (χ0n) is 16.6. The Balaban J connectivity index is 1.82. The number of aryl methyl sites for hydroxylation is 2. The number of amides is 1. The van der Waals surface area contributed by atoms with E-state index in [2.05, 4.69) is 10.0 Å². The molecular weight excluding hydrogens is 384 g/mol. The molecule has 3 aromatic rings. The molecule has 0 aliphatic heterocycles. The Morgan fingerprint density at radius 3 is 2.21 bits per heavy atom. The molecule has 0 aliphatic carbocycles. The van der Waals surface area contributed by atoms with Gasteiger partial charge in [0.2, 0.25) is 0 Å². The maximum absolute atomic E-state index is 12.8. The van der Waals surface area contributed by atoms with Crippen LogP contribution < -0.4 is 10.0 Å². The third-order valence-electron chi connectivity index (χ3n) is 4.69. The lowest BCUT2D eigenvalue weighted by Gasteiger charge is -2.16. The van der Waals surface area contributed by atoms with Gasteiger partial charge in [0.15, 0.2) is 0 Å². The van der Waals surface area contributed by atoms with E-state index >= 15 is 0 Å². The molecular formula is C23H24N2O3S. The molecule has 29 heavy (non-hydrogen) atoms. The van der Waals surface area contributed by atoms with Gasteiger partial charge in [-0.2, -0.15) is 0 Å². The number of anilines is 1. The van der Waals surface area contributed by atoms with Crippen molar-refractivity contribution in [2.24, 2.45) is 0 Å². The molecule has 0 heterocycles. The molecule has 0 aromatic heterocycles. The van der Waals surface area contributed by atoms with Gasteiger partial charge in [-0.3, -0.25) is 9.52 Å². The normalized spacial score (nSPS) is 12.2. The van der Waals surface area contributed by atoms with Gasteiger partial charge >= 0.3 is 0 Å². The van der Waals surface area contributed by atoms with Crippen molar-refractivity contribution < 1.29 is 13.2 Å². The first-order chi connectivity index (χ1) is 13.8. The lowest BCUT2D eigenvalue weighted by Crippen LogP contribution is -2.27. The summed E-state index contributed by atoms with van der Waals surface area (Å²) in [7, 11) is -3.82. The number of rotatable bonds is 6. The Bertz CT molecular complexity index is 1110. The fourth-order valence-corrected chi connectivity index (χ4v) is 4.30. The van der Waals surface area contributed by atoms with Gasteiger partial charge in [0.1, 0.15) is 0 Å². The molecule has 1 amide bonds. The molecule has 3 rings (SSSR count). The second kappa shape index (κ2) is 8.49. The zero-order valence-corrected chi connectivity index (χ0v) is 17.5. The Morgan fingerprint density at radius 1 is 0.897 bits per heavy atom. The first-order valence-corrected chi connectivity index (χ1v) is 10.8. The summed E-state index contributed by atoms with van der Waals surface area (Å²) in [6, 6.07) is 21.1. The van der Waals surface area contributed by atoms with Gasteiger partial charge in [0.05, 0.1) is 10.9 Å². The standard InChI is InChI=1S/C23H24N2O3S/c1-16-9-12-19(13-10-16)18(3)24-23(26)20-14-11-17(2)22(15-20)29(27,28)25-21-7-5-4-6-8-21/h4-15,18,25H,1-3H3,(H,24,26)/t18-/m0/s1. The minimum atomic E-state index is -3.82. The average Bonchev–Trinajstić information content (AvgIpc) is 2.69. The average molecular weight is 409 g/mol. The molecule has 3 aromatic carbocycles. The van der Waals surface area contributed by atoms with Crippen LogP contribution in [-0.2, 0) is 10.0 Å². The lowest BCUT2D eigenvalue weighted by molar-refractivity contribution is 0.0939. The van der Waals surface area contributed by atoms with Crippen LogP contribution in [-0.4, -0.2) is 14.3 Å². The molecule has 0 aliphatic rings. The fraction of sp³-hybridized carbons (Fsp3) is 0.174. The fourth-order valence-electron chi connectivity index (χ4n) is 2.97. The van der Waals surface area contributed by atoms with E-state index in [0.717, 1.165) is 11.1 Å². The summed E-state index contributed by atoms with van der Waals surface area (Å²) in [6.07, 6.45) is 0. The van der Waals surface area contributed by atoms with E-state index in [-0.39, 0.29) is 16.8 Å². The van der Waals surface area contributed by atoms with Gasteiger partial charge in [0, 0.05) is 11.3 Å². The summed E-state index contributed by atoms with van der Waals surface area (Å²) in [6.45, 7) is 5.60. The van der Waals surface area contributed by atoms with Crippen molar-refractivity contribution in [3.8, 4) is 0 Å². The van der Waals surface area contributed by atoms with Gasteiger partial charge in [-0.05, 0) is 56.2 Å². The largest absolute Gasteiger partial charge is 0.346 e. The highest BCUT2D eigenvalue weighted by atomic mass is 32.2. The number of carbonyl (C=O) groups excluding carboxylic acids is 1. The molecule has 5 nitrogen and oxygen atoms in total. The van der Waals surface area contributed by atoms with Gasteiger partial charge in [0.25, 0.3) is 15.9 Å². The van der Waals surface area contributed by atoms with Crippen LogP contribution in [0.3, 0.4) is 0 Å². The number of para-hydroxylation sites is 1. The van der Waals surface area contributed by atoms with Crippen LogP contribution in [0.4, 0.5) is 5.69 Å². The molecule has 0 fully saturated rings. The van der Waals surface area contributed by atoms with E-state index in [9.17, 15) is 13.2 Å². The van der Waals surface area contributed by atoms with E-state index in [1.807, 2.05) is 44.2 Å². The van der Waals surface area contributed by atoms with Gasteiger partial charge in [-0.25, -0.2) is 8.42 Å². The molecule has 0 bridgehead atoms. The third kappa shape index (κ3) is 5.03. The summed E-state index contributed by atoms with van der Waals surface area (Å²) >= 11 is 0. The van der Waals surface area contributed by atoms with E-state index in [1.54, 1.807) is 43.3 Å². The van der Waals surface area contributed by atoms with Crippen molar-refractivity contribution in [1.29, 1.82) is 0 Å². The molecule has 1 atom stereocenters. The highest BCUT2D eigenvalue weighted by Crippen LogP contribution is 2.21. The van der Waals surface area contributed by atoms with Crippen molar-refractivity contribution in [1.82, 2.24) is 5.32 Å². The third-order valence-corrected chi connectivity index (χ3v) is 6.21. The highest BCUT2D eigenvalue weighted by molar-refractivity contribution is 7.92. The summed E-state index contributed by atoms with van der Waals surface area (Å²) in [5, 5.41) is 2.93. The summed E-state index contributed by atoms with van der Waals surface area (Å²) in [5.74, 6) is -0.325. The Hall–Kier alpha value is -3.12. The van der Waals surface area contributed by atoms with Crippen LogP contribution in [0.15, 0.2) is 77.7 Å². The molecule has 150 valence electrons. The molecule has 0 saturated heterocycles. The quantitative estimate of drug-likeness (QED) is 0.626. The van der Waals surface area contributed by atoms with Gasteiger partial charge in [-0.15, -0.1) is 0 Å². The Labute approximate surface area is 171 Å². The zero-order chi connectivity index (χ0) is 21.0. The minimum Gasteiger partial charge on any atom is -0.346 e. The number of nitrogens with one attached hydrogen (secondary N) is 2. The maximum Gasteiger partial charge on any atom is 0.262 e. The number of sulfonamides is 1. The molecule has 0 saturated carbocycles. The number of carbonyl (C=O) groups is 1. The molecule has 6 heteroatoms. The number of benzene rings is 3. The predicted octanol–water partition coefficient (Wildman–Crippen LogP) is 4.60. The van der Waals surface area contributed by atoms with E-state index in [0.29, 0.717) is 16.8 Å². The van der Waals surface area contributed by atoms with Crippen LogP contribution in [0.5, 0.6) is 0 Å². The van der Waals surface area contributed by atoms with E-state index in [1.165, 1.54) is 6.07 Å². The van der Waals surface area contributed by atoms with Crippen LogP contribution in [0, 0.1) is 13.8 Å². The highest BCUT2D eigenvalue weighted by Gasteiger charge is 2.20. The topological polar surface area (TPSA) is 75.3 Å². The SMILES string of the molecule is Cc1ccc([C@H](C)NC(=O)c2ccc(C)c(S(=O)(=O)Nc3ccccc3)c2)cc1. The smallest absolute Gasteiger partial charge is 0.262 e. The first-order valence-electron chi connectivity index (χ1n) is 9.32. The number of hydrogen-bond acceptors (Lipinski definition) is 3. The summed E-state index contributed by atoms with van der Waals surface area (Å²) < 4.78 is 28.2. The van der Waals surface area contributed by atoms with Crippen molar-refractivity contribution in [2.75, 3.05) is 4.72 Å². The van der Waals surface area contributed by atoms with Gasteiger partial charge < -0.3 is 5.32 Å². The van der Waals surface area contributed by atoms with Crippen molar-refractivity contribution in [2.45, 2.75) is 31.7 Å². The predicted molar refractivity (Wildman–Crippen MR) is 115 cm³/mol. The van der Waals surface area contributed by atoms with Crippen LogP contribution >= 0.6 is 0 Å². The Kier molecular flexibility index (Phi) is 6.03. The molecule has 0 unspecified atom stereocenters. The van der Waals surface area contributed by atoms with Crippen LogP contribution in [0.2, 0.25) is 0 Å². The van der Waals surface area contributed by atoms with Crippen molar-refractivity contribution in [3.63, 3.8) is 0 Å². The summed E-state index contributed by atoms with van der Waals surface area (Å²) in [5.41, 5.74) is 3.45. The minimum absolute atomic E-state index is 0.0805. The lowest BCUT2D eigenvalue weighted by atomic mass is 10.1. The van der Waals surface area contributed by atoms with Gasteiger partial charge in [-0.1, -0.05) is 54.1 Å². The molecule has 2 N–H and O–H groups in total. The van der Waals surface area contributed by atoms with E-state index < -0.39 is 10.0 Å².